The highest BCUT2D eigenvalue weighted by Gasteiger charge is 2.15. The van der Waals surface area contributed by atoms with Crippen molar-refractivity contribution in [1.29, 1.82) is 0 Å². The fourth-order valence-electron chi connectivity index (χ4n) is 1.54. The molecule has 0 fully saturated rings. The third kappa shape index (κ3) is 3.15. The van der Waals surface area contributed by atoms with Crippen molar-refractivity contribution in [2.75, 3.05) is 5.73 Å². The van der Waals surface area contributed by atoms with E-state index in [4.69, 9.17) is 10.5 Å². The van der Waals surface area contributed by atoms with Gasteiger partial charge in [0.15, 0.2) is 0 Å². The van der Waals surface area contributed by atoms with Gasteiger partial charge >= 0.3 is 0 Å². The maximum Gasteiger partial charge on any atom is 0.267 e. The van der Waals surface area contributed by atoms with Gasteiger partial charge in [-0.25, -0.2) is 17.6 Å². The molecule has 0 spiro atoms. The zero-order valence-electron chi connectivity index (χ0n) is 9.54. The molecular formula is C13H9F4NO. The van der Waals surface area contributed by atoms with Crippen LogP contribution in [0.5, 0.6) is 11.5 Å². The highest BCUT2D eigenvalue weighted by Crippen LogP contribution is 2.34. The molecule has 0 aliphatic carbocycles. The Balaban J connectivity index is 2.37. The summed E-state index contributed by atoms with van der Waals surface area (Å²) in [7, 11) is 0. The van der Waals surface area contributed by atoms with Gasteiger partial charge in [0.2, 0.25) is 0 Å². The second-order valence-electron chi connectivity index (χ2n) is 3.81. The van der Waals surface area contributed by atoms with Crippen molar-refractivity contribution in [3.05, 3.63) is 53.6 Å². The first-order valence-corrected chi connectivity index (χ1v) is 5.27. The van der Waals surface area contributed by atoms with E-state index < -0.39 is 23.6 Å². The molecule has 0 aliphatic rings. The quantitative estimate of drug-likeness (QED) is 0.668. The summed E-state index contributed by atoms with van der Waals surface area (Å²) in [5.41, 5.74) is 5.10. The average molecular weight is 271 g/mol. The lowest BCUT2D eigenvalue weighted by atomic mass is 10.2. The number of ether oxygens (including phenoxy) is 1. The minimum atomic E-state index is -2.81. The van der Waals surface area contributed by atoms with Gasteiger partial charge in [0.05, 0.1) is 5.56 Å². The Labute approximate surface area is 106 Å². The van der Waals surface area contributed by atoms with E-state index in [0.29, 0.717) is 6.07 Å². The van der Waals surface area contributed by atoms with E-state index in [1.165, 1.54) is 12.1 Å². The lowest BCUT2D eigenvalue weighted by Crippen LogP contribution is -1.95. The average Bonchev–Trinajstić information content (AvgIpc) is 2.30. The fraction of sp³-hybridized carbons (Fsp3) is 0.0769. The molecule has 0 atom stereocenters. The summed E-state index contributed by atoms with van der Waals surface area (Å²) in [5.74, 6) is -2.12. The molecule has 2 nitrogen and oxygen atoms in total. The van der Waals surface area contributed by atoms with E-state index in [9.17, 15) is 17.6 Å². The van der Waals surface area contributed by atoms with Crippen LogP contribution in [-0.4, -0.2) is 0 Å². The van der Waals surface area contributed by atoms with E-state index in [1.807, 2.05) is 0 Å². The minimum absolute atomic E-state index is 0.146. The monoisotopic (exact) mass is 271 g/mol. The van der Waals surface area contributed by atoms with Crippen LogP contribution in [0, 0.1) is 11.6 Å². The Morgan fingerprint density at radius 1 is 0.947 bits per heavy atom. The molecular weight excluding hydrogens is 262 g/mol. The number of nitrogen functional groups attached to an aromatic ring is 1. The third-order valence-corrected chi connectivity index (χ3v) is 2.33. The molecule has 0 bridgehead atoms. The molecule has 0 saturated heterocycles. The lowest BCUT2D eigenvalue weighted by molar-refractivity contribution is 0.148. The molecule has 19 heavy (non-hydrogen) atoms. The summed E-state index contributed by atoms with van der Waals surface area (Å²) >= 11 is 0. The number of nitrogens with two attached hydrogens (primary N) is 1. The number of hydrogen-bond acceptors (Lipinski definition) is 2. The van der Waals surface area contributed by atoms with Crippen LogP contribution in [0.4, 0.5) is 23.2 Å². The summed E-state index contributed by atoms with van der Waals surface area (Å²) in [6.45, 7) is 0. The SMILES string of the molecule is Nc1ccc(Oc2cc(F)cc(F)c2)c(C(F)F)c1. The number of anilines is 1. The molecule has 0 radical (unpaired) electrons. The molecule has 0 saturated carbocycles. The van der Waals surface area contributed by atoms with Gasteiger partial charge < -0.3 is 10.5 Å². The molecule has 0 unspecified atom stereocenters. The topological polar surface area (TPSA) is 35.2 Å². The molecule has 2 rings (SSSR count). The number of benzene rings is 2. The molecule has 2 aromatic carbocycles. The number of rotatable bonds is 3. The van der Waals surface area contributed by atoms with Gasteiger partial charge in [-0.3, -0.25) is 0 Å². The maximum atomic E-state index is 13.0. The molecule has 0 aliphatic heterocycles. The summed E-state index contributed by atoms with van der Waals surface area (Å²) in [5, 5.41) is 0. The second kappa shape index (κ2) is 5.17. The van der Waals surface area contributed by atoms with Crippen molar-refractivity contribution in [2.45, 2.75) is 6.43 Å². The van der Waals surface area contributed by atoms with Crippen LogP contribution in [0.2, 0.25) is 0 Å². The molecule has 2 aromatic rings. The van der Waals surface area contributed by atoms with Crippen LogP contribution in [0.3, 0.4) is 0 Å². The number of hydrogen-bond donors (Lipinski definition) is 1. The Morgan fingerprint density at radius 2 is 1.58 bits per heavy atom. The van der Waals surface area contributed by atoms with Crippen molar-refractivity contribution >= 4 is 5.69 Å². The van der Waals surface area contributed by atoms with Crippen LogP contribution in [0.25, 0.3) is 0 Å². The van der Waals surface area contributed by atoms with Gasteiger partial charge in [-0.05, 0) is 18.2 Å². The van der Waals surface area contributed by atoms with Gasteiger partial charge in [0.1, 0.15) is 23.1 Å². The van der Waals surface area contributed by atoms with E-state index >= 15 is 0 Å². The Morgan fingerprint density at radius 3 is 2.16 bits per heavy atom. The van der Waals surface area contributed by atoms with E-state index in [-0.39, 0.29) is 17.2 Å². The van der Waals surface area contributed by atoms with Crippen LogP contribution in [-0.2, 0) is 0 Å². The molecule has 0 heterocycles. The van der Waals surface area contributed by atoms with Gasteiger partial charge in [0.25, 0.3) is 6.43 Å². The summed E-state index contributed by atoms with van der Waals surface area (Å²) < 4.78 is 56.6. The molecule has 100 valence electrons. The van der Waals surface area contributed by atoms with Crippen LogP contribution < -0.4 is 10.5 Å². The Kier molecular flexibility index (Phi) is 3.59. The van der Waals surface area contributed by atoms with Gasteiger partial charge in [-0.15, -0.1) is 0 Å². The summed E-state index contributed by atoms with van der Waals surface area (Å²) in [6, 6.07) is 6.08. The van der Waals surface area contributed by atoms with Crippen molar-refractivity contribution in [3.63, 3.8) is 0 Å². The van der Waals surface area contributed by atoms with E-state index in [1.54, 1.807) is 0 Å². The smallest absolute Gasteiger partial charge is 0.267 e. The van der Waals surface area contributed by atoms with Crippen LogP contribution in [0.1, 0.15) is 12.0 Å². The fourth-order valence-corrected chi connectivity index (χ4v) is 1.54. The number of halogens is 4. The van der Waals surface area contributed by atoms with Crippen molar-refractivity contribution in [1.82, 2.24) is 0 Å². The highest BCUT2D eigenvalue weighted by atomic mass is 19.3. The second-order valence-corrected chi connectivity index (χ2v) is 3.81. The van der Waals surface area contributed by atoms with E-state index in [0.717, 1.165) is 18.2 Å². The summed E-state index contributed by atoms with van der Waals surface area (Å²) in [4.78, 5) is 0. The van der Waals surface area contributed by atoms with Gasteiger partial charge in [-0.1, -0.05) is 0 Å². The first kappa shape index (κ1) is 13.2. The molecule has 0 aromatic heterocycles. The zero-order valence-corrected chi connectivity index (χ0v) is 9.54. The first-order valence-electron chi connectivity index (χ1n) is 5.27. The van der Waals surface area contributed by atoms with Crippen molar-refractivity contribution < 1.29 is 22.3 Å². The van der Waals surface area contributed by atoms with E-state index in [2.05, 4.69) is 0 Å². The zero-order chi connectivity index (χ0) is 14.0. The number of alkyl halides is 2. The normalized spacial score (nSPS) is 10.8. The molecule has 0 amide bonds. The predicted octanol–water partition coefficient (Wildman–Crippen LogP) is 4.28. The Hall–Kier alpha value is -2.24. The first-order chi connectivity index (χ1) is 8.95. The van der Waals surface area contributed by atoms with Gasteiger partial charge in [0, 0.05) is 23.9 Å². The minimum Gasteiger partial charge on any atom is -0.457 e. The third-order valence-electron chi connectivity index (χ3n) is 2.33. The van der Waals surface area contributed by atoms with Crippen molar-refractivity contribution in [3.8, 4) is 11.5 Å². The standard InChI is InChI=1S/C13H9F4NO/c14-7-3-8(15)5-10(4-7)19-12-2-1-9(18)6-11(12)13(16)17/h1-6,13H,18H2. The largest absolute Gasteiger partial charge is 0.457 e. The molecule has 2 N–H and O–H groups in total. The molecule has 6 heteroatoms. The maximum absolute atomic E-state index is 13.0. The highest BCUT2D eigenvalue weighted by molar-refractivity contribution is 5.49. The summed E-state index contributed by atoms with van der Waals surface area (Å²) in [6.07, 6.45) is -2.81. The Bertz CT molecular complexity index is 581. The van der Waals surface area contributed by atoms with Crippen LogP contribution >= 0.6 is 0 Å². The van der Waals surface area contributed by atoms with Crippen molar-refractivity contribution in [2.24, 2.45) is 0 Å². The van der Waals surface area contributed by atoms with Gasteiger partial charge in [-0.2, -0.15) is 0 Å². The van der Waals surface area contributed by atoms with Crippen LogP contribution in [0.15, 0.2) is 36.4 Å². The lowest BCUT2D eigenvalue weighted by Gasteiger charge is -2.11. The predicted molar refractivity (Wildman–Crippen MR) is 62.2 cm³/mol.